The number of aromatic nitrogens is 2. The van der Waals surface area contributed by atoms with E-state index in [2.05, 4.69) is 124 Å². The Morgan fingerprint density at radius 3 is 2.28 bits per heavy atom. The number of anilines is 3. The molecule has 4 heteroatoms. The maximum Gasteiger partial charge on any atom is 0.0783 e. The van der Waals surface area contributed by atoms with Gasteiger partial charge in [-0.15, -0.1) is 11.3 Å². The summed E-state index contributed by atoms with van der Waals surface area (Å²) >= 11 is 1.88. The van der Waals surface area contributed by atoms with Crippen molar-refractivity contribution >= 4 is 70.4 Å². The van der Waals surface area contributed by atoms with Crippen LogP contribution >= 0.6 is 11.3 Å². The van der Waals surface area contributed by atoms with Gasteiger partial charge in [0.15, 0.2) is 0 Å². The lowest BCUT2D eigenvalue weighted by Crippen LogP contribution is -2.18. The lowest BCUT2D eigenvalue weighted by molar-refractivity contribution is 1.11. The molecule has 0 saturated carbocycles. The molecule has 0 saturated heterocycles. The molecular formula is C35H21N3S. The molecule has 1 aliphatic heterocycles. The van der Waals surface area contributed by atoms with Gasteiger partial charge < -0.3 is 9.47 Å². The summed E-state index contributed by atoms with van der Waals surface area (Å²) in [7, 11) is 0. The SMILES string of the molecule is c1cncc(-c2cccc(N3c4ccccc4-n4c5ccc6sc7ccccc7c6c5c5cccc3c54)c2)c1. The average molecular weight is 516 g/mol. The largest absolute Gasteiger partial charge is 0.306 e. The maximum absolute atomic E-state index is 4.35. The first-order valence-corrected chi connectivity index (χ1v) is 14.0. The molecule has 5 aromatic carbocycles. The molecule has 0 unspecified atom stereocenters. The highest BCUT2D eigenvalue weighted by molar-refractivity contribution is 7.26. The Hall–Kier alpha value is -4.93. The van der Waals surface area contributed by atoms with Gasteiger partial charge in [-0.05, 0) is 60.2 Å². The predicted octanol–water partition coefficient (Wildman–Crippen LogP) is 10.00. The summed E-state index contributed by atoms with van der Waals surface area (Å²) in [5.41, 5.74) is 9.48. The topological polar surface area (TPSA) is 21.1 Å². The fourth-order valence-electron chi connectivity index (χ4n) is 6.39. The van der Waals surface area contributed by atoms with Gasteiger partial charge in [-0.1, -0.05) is 60.7 Å². The van der Waals surface area contributed by atoms with Gasteiger partial charge in [-0.3, -0.25) is 4.98 Å². The molecule has 0 aliphatic carbocycles. The highest BCUT2D eigenvalue weighted by atomic mass is 32.1. The van der Waals surface area contributed by atoms with Crippen molar-refractivity contribution in [3.05, 3.63) is 128 Å². The Labute approximate surface area is 228 Å². The zero-order valence-electron chi connectivity index (χ0n) is 20.9. The van der Waals surface area contributed by atoms with Crippen LogP contribution in [-0.2, 0) is 0 Å². The van der Waals surface area contributed by atoms with Crippen LogP contribution in [0, 0.1) is 0 Å². The van der Waals surface area contributed by atoms with E-state index in [0.717, 1.165) is 16.8 Å². The van der Waals surface area contributed by atoms with Gasteiger partial charge in [-0.2, -0.15) is 0 Å². The number of pyridine rings is 1. The molecule has 0 radical (unpaired) electrons. The van der Waals surface area contributed by atoms with Crippen LogP contribution in [0.4, 0.5) is 17.1 Å². The van der Waals surface area contributed by atoms with Crippen molar-refractivity contribution in [2.45, 2.75) is 0 Å². The average Bonchev–Trinajstić information content (AvgIpc) is 3.55. The molecule has 9 rings (SSSR count). The van der Waals surface area contributed by atoms with E-state index in [0.29, 0.717) is 0 Å². The van der Waals surface area contributed by atoms with Gasteiger partial charge in [0.2, 0.25) is 0 Å². The molecule has 39 heavy (non-hydrogen) atoms. The van der Waals surface area contributed by atoms with E-state index in [1.165, 1.54) is 59.0 Å². The van der Waals surface area contributed by atoms with Gasteiger partial charge in [-0.25, -0.2) is 0 Å². The molecule has 182 valence electrons. The van der Waals surface area contributed by atoms with Gasteiger partial charge in [0.25, 0.3) is 0 Å². The number of thiophene rings is 1. The number of hydrogen-bond acceptors (Lipinski definition) is 3. The number of fused-ring (bicyclic) bond motifs is 9. The third-order valence-electron chi connectivity index (χ3n) is 7.97. The highest BCUT2D eigenvalue weighted by Crippen LogP contribution is 2.52. The zero-order chi connectivity index (χ0) is 25.5. The minimum atomic E-state index is 1.11. The van der Waals surface area contributed by atoms with Crippen LogP contribution in [0.15, 0.2) is 128 Å². The maximum atomic E-state index is 4.35. The molecule has 0 fully saturated rings. The Kier molecular flexibility index (Phi) is 4.21. The number of nitrogens with zero attached hydrogens (tertiary/aromatic N) is 3. The monoisotopic (exact) mass is 515 g/mol. The van der Waals surface area contributed by atoms with Crippen LogP contribution < -0.4 is 4.90 Å². The first kappa shape index (κ1) is 21.1. The molecule has 0 amide bonds. The smallest absolute Gasteiger partial charge is 0.0783 e. The molecule has 3 aromatic heterocycles. The minimum absolute atomic E-state index is 1.11. The van der Waals surface area contributed by atoms with Gasteiger partial charge in [0.05, 0.1) is 28.1 Å². The molecule has 1 aliphatic rings. The Morgan fingerprint density at radius 1 is 0.564 bits per heavy atom. The van der Waals surface area contributed by atoms with E-state index in [-0.39, 0.29) is 0 Å². The van der Waals surface area contributed by atoms with E-state index in [9.17, 15) is 0 Å². The van der Waals surface area contributed by atoms with Crippen molar-refractivity contribution in [2.24, 2.45) is 0 Å². The van der Waals surface area contributed by atoms with E-state index >= 15 is 0 Å². The summed E-state index contributed by atoms with van der Waals surface area (Å²) in [6, 6.07) is 41.8. The van der Waals surface area contributed by atoms with E-state index in [1.54, 1.807) is 0 Å². The highest BCUT2D eigenvalue weighted by Gasteiger charge is 2.29. The van der Waals surface area contributed by atoms with Crippen LogP contribution in [0.2, 0.25) is 0 Å². The second kappa shape index (κ2) is 7.79. The Morgan fingerprint density at radius 2 is 1.36 bits per heavy atom. The molecular weight excluding hydrogens is 494 g/mol. The summed E-state index contributed by atoms with van der Waals surface area (Å²) in [4.78, 5) is 6.77. The first-order valence-electron chi connectivity index (χ1n) is 13.1. The second-order valence-electron chi connectivity index (χ2n) is 10.1. The summed E-state index contributed by atoms with van der Waals surface area (Å²) in [5, 5.41) is 5.32. The number of rotatable bonds is 2. The molecule has 0 bridgehead atoms. The van der Waals surface area contributed by atoms with Crippen molar-refractivity contribution in [3.8, 4) is 16.8 Å². The minimum Gasteiger partial charge on any atom is -0.306 e. The number of benzene rings is 5. The summed E-state index contributed by atoms with van der Waals surface area (Å²) in [6.07, 6.45) is 3.75. The van der Waals surface area contributed by atoms with Crippen LogP contribution in [0.1, 0.15) is 0 Å². The quantitative estimate of drug-likeness (QED) is 0.228. The molecule has 3 nitrogen and oxygen atoms in total. The second-order valence-corrected chi connectivity index (χ2v) is 11.1. The van der Waals surface area contributed by atoms with E-state index in [1.807, 2.05) is 29.8 Å². The van der Waals surface area contributed by atoms with Crippen molar-refractivity contribution in [2.75, 3.05) is 4.90 Å². The van der Waals surface area contributed by atoms with E-state index < -0.39 is 0 Å². The van der Waals surface area contributed by atoms with Gasteiger partial charge >= 0.3 is 0 Å². The zero-order valence-corrected chi connectivity index (χ0v) is 21.7. The van der Waals surface area contributed by atoms with Crippen LogP contribution in [0.5, 0.6) is 0 Å². The van der Waals surface area contributed by atoms with Crippen LogP contribution in [0.25, 0.3) is 58.8 Å². The summed E-state index contributed by atoms with van der Waals surface area (Å²) in [5.74, 6) is 0. The fourth-order valence-corrected chi connectivity index (χ4v) is 7.51. The standard InChI is InChI=1S/C35H21N3S/c1-4-16-31-25(11-1)34-32(39-31)18-17-29-33(34)26-12-6-15-30-35(26)38(29)28-14-3-2-13-27(28)37(30)24-10-5-8-22(20-24)23-9-7-19-36-21-23/h1-21H. The van der Waals surface area contributed by atoms with Crippen molar-refractivity contribution < 1.29 is 0 Å². The lowest BCUT2D eigenvalue weighted by Gasteiger charge is -2.33. The van der Waals surface area contributed by atoms with Gasteiger partial charge in [0, 0.05) is 54.6 Å². The Bertz CT molecular complexity index is 2240. The molecule has 0 atom stereocenters. The Balaban J connectivity index is 1.41. The normalized spacial score (nSPS) is 12.6. The molecule has 8 aromatic rings. The van der Waals surface area contributed by atoms with Crippen molar-refractivity contribution in [1.82, 2.24) is 9.55 Å². The third-order valence-corrected chi connectivity index (χ3v) is 9.11. The third kappa shape index (κ3) is 2.84. The predicted molar refractivity (Wildman–Crippen MR) is 165 cm³/mol. The summed E-state index contributed by atoms with van der Waals surface area (Å²) < 4.78 is 5.14. The fraction of sp³-hybridized carbons (Fsp3) is 0. The molecule has 0 N–H and O–H groups in total. The number of para-hydroxylation sites is 3. The van der Waals surface area contributed by atoms with Crippen molar-refractivity contribution in [3.63, 3.8) is 0 Å². The van der Waals surface area contributed by atoms with Crippen LogP contribution in [-0.4, -0.2) is 9.55 Å². The first-order chi connectivity index (χ1) is 19.4. The number of hydrogen-bond donors (Lipinski definition) is 0. The van der Waals surface area contributed by atoms with Crippen molar-refractivity contribution in [1.29, 1.82) is 0 Å². The molecule has 0 spiro atoms. The van der Waals surface area contributed by atoms with Gasteiger partial charge in [0.1, 0.15) is 0 Å². The molecule has 4 heterocycles. The van der Waals surface area contributed by atoms with E-state index in [4.69, 9.17) is 0 Å². The lowest BCUT2D eigenvalue weighted by atomic mass is 10.0. The van der Waals surface area contributed by atoms with Crippen LogP contribution in [0.3, 0.4) is 0 Å². The summed E-state index contributed by atoms with van der Waals surface area (Å²) in [6.45, 7) is 0.